The van der Waals surface area contributed by atoms with Crippen molar-refractivity contribution in [3.8, 4) is 0 Å². The molecule has 0 spiro atoms. The van der Waals surface area contributed by atoms with E-state index in [-0.39, 0.29) is 17.4 Å². The normalized spacial score (nSPS) is 21.3. The quantitative estimate of drug-likeness (QED) is 0.898. The number of pyridine rings is 1. The number of aromatic nitrogens is 1. The van der Waals surface area contributed by atoms with E-state index in [0.29, 0.717) is 16.4 Å². The maximum Gasteiger partial charge on any atom is 0.253 e. The Balaban J connectivity index is 2.15. The number of hydrogen-bond donors (Lipinski definition) is 2. The molecule has 1 heterocycles. The molecule has 1 aromatic rings. The number of nitrogens with zero attached hydrogens (tertiary/aromatic N) is 1. The van der Waals surface area contributed by atoms with Crippen LogP contribution in [0.2, 0.25) is 5.02 Å². The van der Waals surface area contributed by atoms with Crippen LogP contribution in [0.1, 0.15) is 49.9 Å². The van der Waals surface area contributed by atoms with Gasteiger partial charge in [0.1, 0.15) is 5.82 Å². The number of carbonyl (C=O) groups is 1. The monoisotopic (exact) mass is 295 g/mol. The smallest absolute Gasteiger partial charge is 0.253 e. The molecule has 0 radical (unpaired) electrons. The van der Waals surface area contributed by atoms with Gasteiger partial charge in [-0.3, -0.25) is 4.79 Å². The van der Waals surface area contributed by atoms with Gasteiger partial charge in [0.05, 0.1) is 10.6 Å². The minimum Gasteiger partial charge on any atom is -0.373 e. The zero-order chi connectivity index (χ0) is 14.8. The Hall–Kier alpha value is -1.29. The number of halogens is 1. The lowest BCUT2D eigenvalue weighted by Gasteiger charge is -2.39. The minimum atomic E-state index is -0.117. The Morgan fingerprint density at radius 1 is 1.45 bits per heavy atom. The molecule has 1 aliphatic carbocycles. The van der Waals surface area contributed by atoms with Gasteiger partial charge in [-0.2, -0.15) is 0 Å². The maximum atomic E-state index is 12.4. The highest BCUT2D eigenvalue weighted by atomic mass is 35.5. The van der Waals surface area contributed by atoms with Gasteiger partial charge in [0.2, 0.25) is 0 Å². The molecule has 0 bridgehead atoms. The molecule has 1 atom stereocenters. The fourth-order valence-corrected chi connectivity index (χ4v) is 2.94. The van der Waals surface area contributed by atoms with E-state index < -0.39 is 0 Å². The Bertz CT molecular complexity index is 502. The lowest BCUT2D eigenvalue weighted by atomic mass is 9.73. The van der Waals surface area contributed by atoms with Gasteiger partial charge >= 0.3 is 0 Å². The third-order valence-corrected chi connectivity index (χ3v) is 4.47. The first-order valence-corrected chi connectivity index (χ1v) is 7.46. The van der Waals surface area contributed by atoms with E-state index in [1.54, 1.807) is 13.1 Å². The van der Waals surface area contributed by atoms with Gasteiger partial charge < -0.3 is 10.6 Å². The van der Waals surface area contributed by atoms with E-state index in [1.807, 2.05) is 0 Å². The van der Waals surface area contributed by atoms with Gasteiger partial charge in [0, 0.05) is 19.3 Å². The third kappa shape index (κ3) is 3.23. The molecule has 1 fully saturated rings. The Kier molecular flexibility index (Phi) is 4.53. The van der Waals surface area contributed by atoms with E-state index in [4.69, 9.17) is 11.6 Å². The molecule has 110 valence electrons. The summed E-state index contributed by atoms with van der Waals surface area (Å²) in [4.78, 5) is 16.5. The first kappa shape index (κ1) is 15.1. The number of rotatable bonds is 3. The minimum absolute atomic E-state index is 0.117. The van der Waals surface area contributed by atoms with E-state index in [1.165, 1.54) is 19.0 Å². The molecule has 4 nitrogen and oxygen atoms in total. The highest BCUT2D eigenvalue weighted by Gasteiger charge is 2.33. The standard InChI is InChI=1S/C15H22ClN3O/c1-15(2)7-5-4-6-12(15)19-14(20)10-8-13(17-3)18-9-11(10)16/h8-9,12H,4-7H2,1-3H3,(H,17,18)(H,19,20). The van der Waals surface area contributed by atoms with Crippen LogP contribution in [0.4, 0.5) is 5.82 Å². The van der Waals surface area contributed by atoms with Gasteiger partial charge in [-0.05, 0) is 24.3 Å². The number of hydrogen-bond acceptors (Lipinski definition) is 3. The lowest BCUT2D eigenvalue weighted by Crippen LogP contribution is -2.46. The maximum absolute atomic E-state index is 12.4. The van der Waals surface area contributed by atoms with Crippen LogP contribution in [0.15, 0.2) is 12.3 Å². The largest absolute Gasteiger partial charge is 0.373 e. The second kappa shape index (κ2) is 6.00. The van der Waals surface area contributed by atoms with Crippen molar-refractivity contribution in [1.29, 1.82) is 0 Å². The molecule has 0 aliphatic heterocycles. The van der Waals surface area contributed by atoms with Gasteiger partial charge in [-0.1, -0.05) is 38.3 Å². The highest BCUT2D eigenvalue weighted by Crippen LogP contribution is 2.35. The summed E-state index contributed by atoms with van der Waals surface area (Å²) in [5.74, 6) is 0.524. The van der Waals surface area contributed by atoms with Crippen LogP contribution < -0.4 is 10.6 Å². The summed E-state index contributed by atoms with van der Waals surface area (Å²) in [7, 11) is 1.77. The van der Waals surface area contributed by atoms with Gasteiger partial charge in [-0.25, -0.2) is 4.98 Å². The average molecular weight is 296 g/mol. The van der Waals surface area contributed by atoms with Crippen LogP contribution in [0.25, 0.3) is 0 Å². The lowest BCUT2D eigenvalue weighted by molar-refractivity contribution is 0.0853. The zero-order valence-corrected chi connectivity index (χ0v) is 13.0. The van der Waals surface area contributed by atoms with E-state index in [2.05, 4.69) is 29.5 Å². The molecule has 1 aliphatic rings. The molecule has 0 aromatic carbocycles. The second-order valence-electron chi connectivity index (χ2n) is 6.06. The van der Waals surface area contributed by atoms with Crippen molar-refractivity contribution < 1.29 is 4.79 Å². The summed E-state index contributed by atoms with van der Waals surface area (Å²) in [6.45, 7) is 4.43. The molecule has 2 N–H and O–H groups in total. The molecule has 1 unspecified atom stereocenters. The van der Waals surface area contributed by atoms with E-state index in [0.717, 1.165) is 12.8 Å². The Morgan fingerprint density at radius 2 is 2.20 bits per heavy atom. The summed E-state index contributed by atoms with van der Waals surface area (Å²) >= 11 is 6.09. The molecule has 2 rings (SSSR count). The molecule has 5 heteroatoms. The van der Waals surface area contributed by atoms with Gasteiger partial charge in [0.15, 0.2) is 0 Å². The second-order valence-corrected chi connectivity index (χ2v) is 6.47. The van der Waals surface area contributed by atoms with Crippen LogP contribution in [-0.2, 0) is 0 Å². The topological polar surface area (TPSA) is 54.0 Å². The summed E-state index contributed by atoms with van der Waals surface area (Å²) in [5, 5.41) is 6.44. The van der Waals surface area contributed by atoms with Crippen LogP contribution in [0.3, 0.4) is 0 Å². The van der Waals surface area contributed by atoms with Crippen molar-refractivity contribution >= 4 is 23.3 Å². The Labute approximate surface area is 125 Å². The Morgan fingerprint density at radius 3 is 2.85 bits per heavy atom. The number of nitrogens with one attached hydrogen (secondary N) is 2. The molecule has 20 heavy (non-hydrogen) atoms. The summed E-state index contributed by atoms with van der Waals surface area (Å²) < 4.78 is 0. The van der Waals surface area contributed by atoms with E-state index >= 15 is 0 Å². The molecule has 1 aromatic heterocycles. The molecule has 0 saturated heterocycles. The van der Waals surface area contributed by atoms with Gasteiger partial charge in [-0.15, -0.1) is 0 Å². The number of carbonyl (C=O) groups excluding carboxylic acids is 1. The van der Waals surface area contributed by atoms with Crippen LogP contribution >= 0.6 is 11.6 Å². The fourth-order valence-electron chi connectivity index (χ4n) is 2.75. The summed E-state index contributed by atoms with van der Waals surface area (Å²) in [6, 6.07) is 1.89. The molecular weight excluding hydrogens is 274 g/mol. The summed E-state index contributed by atoms with van der Waals surface area (Å²) in [5.41, 5.74) is 0.617. The fraction of sp³-hybridized carbons (Fsp3) is 0.600. The number of amides is 1. The predicted octanol–water partition coefficient (Wildman–Crippen LogP) is 3.48. The van der Waals surface area contributed by atoms with Crippen molar-refractivity contribution in [2.24, 2.45) is 5.41 Å². The predicted molar refractivity (Wildman–Crippen MR) is 82.3 cm³/mol. The average Bonchev–Trinajstić information content (AvgIpc) is 2.41. The SMILES string of the molecule is CNc1cc(C(=O)NC2CCCCC2(C)C)c(Cl)cn1. The van der Waals surface area contributed by atoms with E-state index in [9.17, 15) is 4.79 Å². The van der Waals surface area contributed by atoms with Crippen LogP contribution in [0, 0.1) is 5.41 Å². The first-order chi connectivity index (χ1) is 9.44. The third-order valence-electron chi connectivity index (χ3n) is 4.17. The first-order valence-electron chi connectivity index (χ1n) is 7.08. The van der Waals surface area contributed by atoms with Crippen molar-refractivity contribution in [2.75, 3.05) is 12.4 Å². The summed E-state index contributed by atoms with van der Waals surface area (Å²) in [6.07, 6.45) is 6.08. The van der Waals surface area contributed by atoms with Crippen LogP contribution in [0.5, 0.6) is 0 Å². The van der Waals surface area contributed by atoms with Crippen LogP contribution in [-0.4, -0.2) is 24.0 Å². The highest BCUT2D eigenvalue weighted by molar-refractivity contribution is 6.33. The van der Waals surface area contributed by atoms with Crippen molar-refractivity contribution in [3.63, 3.8) is 0 Å². The zero-order valence-electron chi connectivity index (χ0n) is 12.3. The van der Waals surface area contributed by atoms with Crippen molar-refractivity contribution in [2.45, 2.75) is 45.6 Å². The number of anilines is 1. The van der Waals surface area contributed by atoms with Crippen molar-refractivity contribution in [1.82, 2.24) is 10.3 Å². The molecule has 1 saturated carbocycles. The van der Waals surface area contributed by atoms with Crippen molar-refractivity contribution in [3.05, 3.63) is 22.8 Å². The molecular formula is C15H22ClN3O. The molecule has 1 amide bonds. The van der Waals surface area contributed by atoms with Gasteiger partial charge in [0.25, 0.3) is 5.91 Å².